The molecule has 0 amide bonds. The molecule has 92 heavy (non-hydrogen) atoms. The second kappa shape index (κ2) is 63.8. The maximum absolute atomic E-state index is 13.0. The molecular formula is C73H142O17P2. The lowest BCUT2D eigenvalue weighted by Gasteiger charge is -2.21. The molecule has 3 N–H and O–H groups in total. The minimum atomic E-state index is -4.95. The summed E-state index contributed by atoms with van der Waals surface area (Å²) in [5, 5.41) is 10.6. The van der Waals surface area contributed by atoms with Crippen LogP contribution < -0.4 is 0 Å². The quantitative estimate of drug-likeness (QED) is 0.0222. The largest absolute Gasteiger partial charge is 0.472 e. The van der Waals surface area contributed by atoms with Crippen LogP contribution in [-0.4, -0.2) is 96.7 Å². The van der Waals surface area contributed by atoms with Crippen molar-refractivity contribution in [3.05, 3.63) is 0 Å². The molecule has 0 rings (SSSR count). The number of phosphoric acid groups is 2. The number of carbonyl (C=O) groups is 4. The van der Waals surface area contributed by atoms with Crippen molar-refractivity contribution in [2.75, 3.05) is 39.6 Å². The van der Waals surface area contributed by atoms with E-state index in [1.807, 2.05) is 0 Å². The van der Waals surface area contributed by atoms with Gasteiger partial charge in [-0.3, -0.25) is 37.3 Å². The third-order valence-corrected chi connectivity index (χ3v) is 19.5. The molecular weight excluding hydrogens is 1210 g/mol. The van der Waals surface area contributed by atoms with Gasteiger partial charge in [0, 0.05) is 25.7 Å². The fourth-order valence-corrected chi connectivity index (χ4v) is 12.6. The summed E-state index contributed by atoms with van der Waals surface area (Å²) in [6.07, 6.45) is 48.7. The molecule has 4 unspecified atom stereocenters. The van der Waals surface area contributed by atoms with Gasteiger partial charge in [-0.1, -0.05) is 318 Å². The highest BCUT2D eigenvalue weighted by atomic mass is 31.2. The number of aliphatic hydroxyl groups excluding tert-OH is 1. The van der Waals surface area contributed by atoms with Crippen LogP contribution in [0.2, 0.25) is 0 Å². The van der Waals surface area contributed by atoms with Crippen molar-refractivity contribution in [3.63, 3.8) is 0 Å². The molecule has 0 aromatic carbocycles. The van der Waals surface area contributed by atoms with Crippen LogP contribution >= 0.6 is 15.6 Å². The Morgan fingerprint density at radius 1 is 0.315 bits per heavy atom. The number of phosphoric ester groups is 2. The Morgan fingerprint density at radius 3 is 0.826 bits per heavy atom. The number of rotatable bonds is 71. The maximum atomic E-state index is 13.0. The number of aliphatic hydroxyl groups is 1. The van der Waals surface area contributed by atoms with Gasteiger partial charge in [0.2, 0.25) is 0 Å². The van der Waals surface area contributed by atoms with Crippen LogP contribution in [-0.2, 0) is 65.4 Å². The summed E-state index contributed by atoms with van der Waals surface area (Å²) in [7, 11) is -9.90. The maximum Gasteiger partial charge on any atom is 0.472 e. The summed E-state index contributed by atoms with van der Waals surface area (Å²) in [6, 6.07) is 0. The molecule has 17 nitrogen and oxygen atoms in total. The first-order chi connectivity index (χ1) is 44.3. The highest BCUT2D eigenvalue weighted by Gasteiger charge is 2.30. The first-order valence-corrected chi connectivity index (χ1v) is 40.9. The van der Waals surface area contributed by atoms with Crippen molar-refractivity contribution < 1.29 is 80.2 Å². The second-order valence-electron chi connectivity index (χ2n) is 27.3. The van der Waals surface area contributed by atoms with Gasteiger partial charge in [-0.05, 0) is 43.4 Å². The summed E-state index contributed by atoms with van der Waals surface area (Å²) in [5.74, 6) is 0.191. The highest BCUT2D eigenvalue weighted by Crippen LogP contribution is 2.45. The van der Waals surface area contributed by atoms with Gasteiger partial charge in [-0.2, -0.15) is 0 Å². The van der Waals surface area contributed by atoms with Gasteiger partial charge in [-0.15, -0.1) is 0 Å². The van der Waals surface area contributed by atoms with E-state index in [1.54, 1.807) is 0 Å². The Bertz CT molecular complexity index is 1810. The zero-order valence-corrected chi connectivity index (χ0v) is 61.8. The summed E-state index contributed by atoms with van der Waals surface area (Å²) in [6.45, 7) is 11.8. The molecule has 0 aromatic rings. The van der Waals surface area contributed by atoms with Gasteiger partial charge in [0.05, 0.1) is 26.4 Å². The smallest absolute Gasteiger partial charge is 0.462 e. The lowest BCUT2D eigenvalue weighted by atomic mass is 9.99. The summed E-state index contributed by atoms with van der Waals surface area (Å²) < 4.78 is 68.3. The van der Waals surface area contributed by atoms with Crippen molar-refractivity contribution >= 4 is 39.5 Å². The molecule has 0 saturated carbocycles. The fourth-order valence-electron chi connectivity index (χ4n) is 11.0. The Balaban J connectivity index is 5.18. The summed E-state index contributed by atoms with van der Waals surface area (Å²) >= 11 is 0. The third-order valence-electron chi connectivity index (χ3n) is 17.6. The molecule has 0 bridgehead atoms. The fraction of sp³-hybridized carbons (Fsp3) is 0.945. The average molecular weight is 1350 g/mol. The zero-order valence-electron chi connectivity index (χ0n) is 60.0. The predicted molar refractivity (Wildman–Crippen MR) is 372 cm³/mol. The van der Waals surface area contributed by atoms with E-state index in [9.17, 15) is 43.2 Å². The lowest BCUT2D eigenvalue weighted by Crippen LogP contribution is -2.30. The van der Waals surface area contributed by atoms with E-state index in [0.717, 1.165) is 108 Å². The summed E-state index contributed by atoms with van der Waals surface area (Å²) in [5.41, 5.74) is 0. The second-order valence-corrected chi connectivity index (χ2v) is 30.2. The minimum absolute atomic E-state index is 0.103. The molecule has 0 aliphatic heterocycles. The Hall–Kier alpha value is -1.94. The van der Waals surface area contributed by atoms with Crippen LogP contribution in [0.3, 0.4) is 0 Å². The van der Waals surface area contributed by atoms with E-state index < -0.39 is 97.5 Å². The Morgan fingerprint density at radius 2 is 0.554 bits per heavy atom. The number of carbonyl (C=O) groups excluding carboxylic acids is 4. The van der Waals surface area contributed by atoms with Gasteiger partial charge in [0.25, 0.3) is 0 Å². The molecule has 7 atom stereocenters. The molecule has 0 saturated heterocycles. The van der Waals surface area contributed by atoms with Crippen LogP contribution in [0.15, 0.2) is 0 Å². The van der Waals surface area contributed by atoms with Gasteiger partial charge in [0.1, 0.15) is 19.3 Å². The number of hydrogen-bond donors (Lipinski definition) is 3. The molecule has 0 aliphatic carbocycles. The molecule has 19 heteroatoms. The van der Waals surface area contributed by atoms with Crippen molar-refractivity contribution in [1.29, 1.82) is 0 Å². The zero-order chi connectivity index (χ0) is 68.0. The number of esters is 4. The number of unbranched alkanes of at least 4 members (excludes halogenated alkanes) is 37. The van der Waals surface area contributed by atoms with Crippen molar-refractivity contribution in [1.82, 2.24) is 0 Å². The molecule has 0 fully saturated rings. The van der Waals surface area contributed by atoms with Gasteiger partial charge >= 0.3 is 39.5 Å². The van der Waals surface area contributed by atoms with E-state index in [1.165, 1.54) is 180 Å². The van der Waals surface area contributed by atoms with Crippen LogP contribution in [0, 0.1) is 17.8 Å². The van der Waals surface area contributed by atoms with Crippen molar-refractivity contribution in [2.45, 2.75) is 388 Å². The van der Waals surface area contributed by atoms with Crippen molar-refractivity contribution in [3.8, 4) is 0 Å². The topological polar surface area (TPSA) is 237 Å². The van der Waals surface area contributed by atoms with E-state index in [-0.39, 0.29) is 25.7 Å². The molecule has 0 heterocycles. The van der Waals surface area contributed by atoms with E-state index in [4.69, 9.17) is 37.0 Å². The van der Waals surface area contributed by atoms with Crippen LogP contribution in [0.1, 0.15) is 370 Å². The van der Waals surface area contributed by atoms with Gasteiger partial charge in [-0.25, -0.2) is 9.13 Å². The first kappa shape index (κ1) is 90.1. The molecule has 0 aromatic heterocycles. The van der Waals surface area contributed by atoms with Crippen LogP contribution in [0.4, 0.5) is 0 Å². The SMILES string of the molecule is CCCCCCCCCCCC(=O)OC[C@H](COP(=O)(O)OC[C@H](O)COP(=O)(O)OC[C@@H](COC(=O)CCCCCCCCCCC(C)CC)OC(=O)CCCCCCCCCCCCCCCCCCCCC(C)C)OC(=O)CCCCCCCCC(C)CC. The Labute approximate surface area is 562 Å². The predicted octanol–water partition coefficient (Wildman–Crippen LogP) is 21.0. The lowest BCUT2D eigenvalue weighted by molar-refractivity contribution is -0.161. The minimum Gasteiger partial charge on any atom is -0.462 e. The van der Waals surface area contributed by atoms with Gasteiger partial charge < -0.3 is 33.8 Å². The van der Waals surface area contributed by atoms with Gasteiger partial charge in [0.15, 0.2) is 12.2 Å². The summed E-state index contributed by atoms with van der Waals surface area (Å²) in [4.78, 5) is 72.6. The molecule has 0 radical (unpaired) electrons. The standard InChI is InChI=1S/C73H142O17P2/c1-8-11-12-13-14-25-32-40-47-54-70(75)83-61-69(90-73(78)57-50-43-36-35-39-46-53-66(7)10-3)63-88-92(81,82)86-59-67(74)58-85-91(79,80)87-62-68(60-84-71(76)55-48-41-33-29-28-31-38-45-52-65(6)9-2)89-72(77)56-49-42-34-27-24-22-20-18-16-15-17-19-21-23-26-30-37-44-51-64(4)5/h64-69,74H,8-63H2,1-7H3,(H,79,80)(H,81,82)/t65?,66?,67-,68-,69-/m1/s1. The number of ether oxygens (including phenoxy) is 4. The van der Waals surface area contributed by atoms with E-state index in [0.29, 0.717) is 25.7 Å². The first-order valence-electron chi connectivity index (χ1n) is 37.9. The Kier molecular flexibility index (Phi) is 62.4. The monoisotopic (exact) mass is 1350 g/mol. The van der Waals surface area contributed by atoms with E-state index >= 15 is 0 Å². The average Bonchev–Trinajstić information content (AvgIpc) is 1.52. The molecule has 0 spiro atoms. The third kappa shape index (κ3) is 64.1. The molecule has 546 valence electrons. The molecule has 0 aliphatic rings. The highest BCUT2D eigenvalue weighted by molar-refractivity contribution is 7.47. The number of hydrogen-bond acceptors (Lipinski definition) is 15. The van der Waals surface area contributed by atoms with Crippen LogP contribution in [0.25, 0.3) is 0 Å². The van der Waals surface area contributed by atoms with Crippen molar-refractivity contribution in [2.24, 2.45) is 17.8 Å². The van der Waals surface area contributed by atoms with E-state index in [2.05, 4.69) is 48.5 Å². The normalized spacial score (nSPS) is 14.7. The van der Waals surface area contributed by atoms with Crippen LogP contribution in [0.5, 0.6) is 0 Å².